The summed E-state index contributed by atoms with van der Waals surface area (Å²) < 4.78 is 10.2. The van der Waals surface area contributed by atoms with E-state index < -0.39 is 5.41 Å². The molecule has 0 aromatic carbocycles. The normalized spacial score (nSPS) is 22.3. The van der Waals surface area contributed by atoms with E-state index in [1.54, 1.807) is 18.9 Å². The second kappa shape index (κ2) is 6.26. The van der Waals surface area contributed by atoms with Crippen molar-refractivity contribution < 1.29 is 18.7 Å². The number of ether oxygens (including phenoxy) is 1. The molecule has 1 fully saturated rings. The Morgan fingerprint density at radius 2 is 2.33 bits per heavy atom. The monoisotopic (exact) mass is 295 g/mol. The van der Waals surface area contributed by atoms with Crippen LogP contribution < -0.4 is 5.73 Å². The van der Waals surface area contributed by atoms with Gasteiger partial charge in [0.15, 0.2) is 6.39 Å². The maximum Gasteiger partial charge on any atom is 0.291 e. The predicted molar refractivity (Wildman–Crippen MR) is 74.5 cm³/mol. The van der Waals surface area contributed by atoms with E-state index in [1.165, 1.54) is 6.39 Å². The van der Waals surface area contributed by atoms with Gasteiger partial charge in [-0.1, -0.05) is 0 Å². The van der Waals surface area contributed by atoms with Crippen LogP contribution in [0, 0.1) is 12.3 Å². The molecular weight excluding hydrogens is 274 g/mol. The molecule has 0 radical (unpaired) electrons. The van der Waals surface area contributed by atoms with Crippen molar-refractivity contribution >= 4 is 11.8 Å². The average molecular weight is 295 g/mol. The van der Waals surface area contributed by atoms with Crippen LogP contribution in [0.3, 0.4) is 0 Å². The van der Waals surface area contributed by atoms with Crippen molar-refractivity contribution in [2.24, 2.45) is 11.1 Å². The second-order valence-corrected chi connectivity index (χ2v) is 5.48. The lowest BCUT2D eigenvalue weighted by molar-refractivity contribution is -0.131. The molecule has 2 amide bonds. The zero-order valence-corrected chi connectivity index (χ0v) is 12.4. The van der Waals surface area contributed by atoms with Gasteiger partial charge >= 0.3 is 0 Å². The van der Waals surface area contributed by atoms with Crippen LogP contribution in [0.4, 0.5) is 0 Å². The van der Waals surface area contributed by atoms with Gasteiger partial charge in [0, 0.05) is 26.8 Å². The van der Waals surface area contributed by atoms with Crippen molar-refractivity contribution in [1.29, 1.82) is 0 Å². The lowest BCUT2D eigenvalue weighted by Crippen LogP contribution is -2.52. The fourth-order valence-corrected chi connectivity index (χ4v) is 2.78. The fraction of sp³-hybridized carbons (Fsp3) is 0.643. The molecule has 1 aliphatic rings. The van der Waals surface area contributed by atoms with Crippen molar-refractivity contribution in [3.8, 4) is 0 Å². The molecule has 2 rings (SSSR count). The topological polar surface area (TPSA) is 98.7 Å². The Hall–Kier alpha value is -1.89. The zero-order valence-electron chi connectivity index (χ0n) is 12.4. The van der Waals surface area contributed by atoms with Crippen molar-refractivity contribution in [2.75, 3.05) is 26.8 Å². The number of oxazole rings is 1. The van der Waals surface area contributed by atoms with Gasteiger partial charge in [-0.15, -0.1) is 0 Å². The first kappa shape index (κ1) is 15.5. The number of carbonyl (C=O) groups excluding carboxylic acids is 2. The third-order valence-corrected chi connectivity index (χ3v) is 4.11. The number of methoxy groups -OCH3 is 1. The quantitative estimate of drug-likeness (QED) is 0.863. The van der Waals surface area contributed by atoms with Crippen LogP contribution in [0.25, 0.3) is 0 Å². The number of aromatic nitrogens is 1. The predicted octanol–water partition coefficient (Wildman–Crippen LogP) is 0.727. The number of rotatable bonds is 5. The lowest BCUT2D eigenvalue weighted by atomic mass is 9.76. The maximum absolute atomic E-state index is 12.5. The van der Waals surface area contributed by atoms with Gasteiger partial charge in [-0.3, -0.25) is 9.59 Å². The summed E-state index contributed by atoms with van der Waals surface area (Å²) in [6, 6.07) is 0. The molecule has 2 N–H and O–H groups in total. The molecule has 116 valence electrons. The van der Waals surface area contributed by atoms with Crippen LogP contribution in [0.15, 0.2) is 10.8 Å². The van der Waals surface area contributed by atoms with E-state index in [-0.39, 0.29) is 17.6 Å². The molecule has 7 nitrogen and oxygen atoms in total. The molecule has 1 saturated heterocycles. The molecule has 21 heavy (non-hydrogen) atoms. The molecule has 1 atom stereocenters. The van der Waals surface area contributed by atoms with Crippen molar-refractivity contribution in [1.82, 2.24) is 9.88 Å². The van der Waals surface area contributed by atoms with Crippen LogP contribution in [-0.2, 0) is 9.53 Å². The number of aryl methyl sites for hydroxylation is 1. The van der Waals surface area contributed by atoms with Crippen molar-refractivity contribution in [3.63, 3.8) is 0 Å². The Labute approximate surface area is 123 Å². The average Bonchev–Trinajstić information content (AvgIpc) is 2.90. The molecular formula is C14H21N3O4. The van der Waals surface area contributed by atoms with Crippen LogP contribution in [0.1, 0.15) is 35.5 Å². The van der Waals surface area contributed by atoms with E-state index in [1.807, 2.05) is 0 Å². The highest BCUT2D eigenvalue weighted by Gasteiger charge is 2.42. The molecule has 0 bridgehead atoms. The van der Waals surface area contributed by atoms with E-state index in [0.717, 1.165) is 6.42 Å². The highest BCUT2D eigenvalue weighted by atomic mass is 16.5. The molecule has 7 heteroatoms. The zero-order chi connectivity index (χ0) is 15.5. The van der Waals surface area contributed by atoms with Gasteiger partial charge in [0.2, 0.25) is 11.7 Å². The molecule has 1 aromatic rings. The first-order valence-electron chi connectivity index (χ1n) is 6.98. The molecule has 1 aromatic heterocycles. The summed E-state index contributed by atoms with van der Waals surface area (Å²) in [4.78, 5) is 29.9. The number of hydrogen-bond acceptors (Lipinski definition) is 5. The number of nitrogens with zero attached hydrogens (tertiary/aromatic N) is 2. The minimum atomic E-state index is -0.724. The van der Waals surface area contributed by atoms with E-state index in [9.17, 15) is 9.59 Å². The Balaban J connectivity index is 2.17. The van der Waals surface area contributed by atoms with Gasteiger partial charge in [0.05, 0.1) is 11.1 Å². The molecule has 1 aliphatic heterocycles. The fourth-order valence-electron chi connectivity index (χ4n) is 2.78. The summed E-state index contributed by atoms with van der Waals surface area (Å²) >= 11 is 0. The van der Waals surface area contributed by atoms with Crippen molar-refractivity contribution in [2.45, 2.75) is 26.2 Å². The minimum Gasteiger partial charge on any atom is -0.438 e. The third-order valence-electron chi connectivity index (χ3n) is 4.11. The van der Waals surface area contributed by atoms with Crippen LogP contribution in [0.2, 0.25) is 0 Å². The smallest absolute Gasteiger partial charge is 0.291 e. The van der Waals surface area contributed by atoms with Gasteiger partial charge in [0.1, 0.15) is 0 Å². The Kier molecular flexibility index (Phi) is 4.62. The first-order chi connectivity index (χ1) is 10.00. The maximum atomic E-state index is 12.5. The van der Waals surface area contributed by atoms with E-state index in [4.69, 9.17) is 14.9 Å². The number of carbonyl (C=O) groups is 2. The van der Waals surface area contributed by atoms with E-state index in [2.05, 4.69) is 4.98 Å². The number of likely N-dealkylation sites (tertiary alicyclic amines) is 1. The van der Waals surface area contributed by atoms with E-state index >= 15 is 0 Å². The molecule has 0 spiro atoms. The SMILES string of the molecule is COCCC1(C(N)=O)CCCN(C(=O)c2ocnc2C)C1. The van der Waals surface area contributed by atoms with Gasteiger partial charge < -0.3 is 19.8 Å². The Morgan fingerprint density at radius 1 is 1.57 bits per heavy atom. The number of nitrogens with two attached hydrogens (primary N) is 1. The second-order valence-electron chi connectivity index (χ2n) is 5.48. The summed E-state index contributed by atoms with van der Waals surface area (Å²) in [5.41, 5.74) is 5.41. The largest absolute Gasteiger partial charge is 0.438 e. The Morgan fingerprint density at radius 3 is 2.90 bits per heavy atom. The minimum absolute atomic E-state index is 0.224. The summed E-state index contributed by atoms with van der Waals surface area (Å²) in [6.07, 6.45) is 3.16. The first-order valence-corrected chi connectivity index (χ1v) is 6.98. The summed E-state index contributed by atoms with van der Waals surface area (Å²) in [5.74, 6) is -0.402. The number of piperidine rings is 1. The van der Waals surface area contributed by atoms with Gasteiger partial charge in [-0.2, -0.15) is 0 Å². The summed E-state index contributed by atoms with van der Waals surface area (Å²) in [5, 5.41) is 0. The molecule has 2 heterocycles. The van der Waals surface area contributed by atoms with Gasteiger partial charge in [-0.05, 0) is 26.2 Å². The lowest BCUT2D eigenvalue weighted by Gasteiger charge is -2.40. The number of primary amides is 1. The van der Waals surface area contributed by atoms with Crippen LogP contribution in [0.5, 0.6) is 0 Å². The number of amides is 2. The summed E-state index contributed by atoms with van der Waals surface area (Å²) in [7, 11) is 1.58. The third kappa shape index (κ3) is 3.07. The van der Waals surface area contributed by atoms with Crippen LogP contribution >= 0.6 is 0 Å². The summed E-state index contributed by atoms with van der Waals surface area (Å²) in [6.45, 7) is 3.03. The number of hydrogen-bond donors (Lipinski definition) is 1. The highest BCUT2D eigenvalue weighted by molar-refractivity contribution is 5.93. The van der Waals surface area contributed by atoms with Gasteiger partial charge in [-0.25, -0.2) is 4.98 Å². The van der Waals surface area contributed by atoms with Crippen molar-refractivity contribution in [3.05, 3.63) is 17.8 Å². The molecule has 1 unspecified atom stereocenters. The Bertz CT molecular complexity index is 528. The highest BCUT2D eigenvalue weighted by Crippen LogP contribution is 2.34. The van der Waals surface area contributed by atoms with Gasteiger partial charge in [0.25, 0.3) is 5.91 Å². The molecule has 0 saturated carbocycles. The van der Waals surface area contributed by atoms with Crippen LogP contribution in [-0.4, -0.2) is 48.5 Å². The standard InChI is InChI=1S/C14H21N3O4/c1-10-11(21-9-16-10)12(18)17-6-3-4-14(8-17,13(15)19)5-7-20-2/h9H,3-8H2,1-2H3,(H2,15,19). The van der Waals surface area contributed by atoms with E-state index in [0.29, 0.717) is 38.2 Å². The molecule has 0 aliphatic carbocycles.